The lowest BCUT2D eigenvalue weighted by atomic mass is 10.0. The summed E-state index contributed by atoms with van der Waals surface area (Å²) in [7, 11) is 2.15. The summed E-state index contributed by atoms with van der Waals surface area (Å²) >= 11 is 0. The van der Waals surface area contributed by atoms with Gasteiger partial charge in [0.15, 0.2) is 0 Å². The van der Waals surface area contributed by atoms with E-state index in [2.05, 4.69) is 43.6 Å². The van der Waals surface area contributed by atoms with Crippen LogP contribution in [-0.2, 0) is 19.5 Å². The molecule has 3 aromatic rings. The smallest absolute Gasteiger partial charge is 0.254 e. The Hall–Kier alpha value is -3.46. The largest absolute Gasteiger partial charge is 0.368 e. The second-order valence-electron chi connectivity index (χ2n) is 8.71. The second kappa shape index (κ2) is 7.59. The molecule has 1 amide bonds. The highest BCUT2D eigenvalue weighted by atomic mass is 16.1. The van der Waals surface area contributed by atoms with E-state index in [1.807, 2.05) is 23.1 Å². The predicted molar refractivity (Wildman–Crippen MR) is 122 cm³/mol. The molecule has 0 unspecified atom stereocenters. The first kappa shape index (κ1) is 19.2. The van der Waals surface area contributed by atoms with E-state index in [-0.39, 0.29) is 5.91 Å². The monoisotopic (exact) mass is 430 g/mol. The molecule has 1 fully saturated rings. The van der Waals surface area contributed by atoms with E-state index in [9.17, 15) is 4.79 Å². The topological polar surface area (TPSA) is 91.2 Å². The number of anilines is 3. The van der Waals surface area contributed by atoms with Crippen molar-refractivity contribution in [3.8, 4) is 11.3 Å². The lowest BCUT2D eigenvalue weighted by Crippen LogP contribution is -2.44. The summed E-state index contributed by atoms with van der Waals surface area (Å²) in [5.41, 5.74) is 6.48. The highest BCUT2D eigenvalue weighted by molar-refractivity contribution is 6.05. The molecule has 0 spiro atoms. The number of fused-ring (bicyclic) bond motifs is 2. The summed E-state index contributed by atoms with van der Waals surface area (Å²) in [5.74, 6) is 0.620. The molecule has 0 radical (unpaired) electrons. The number of aryl methyl sites for hydroxylation is 1. The maximum atomic E-state index is 12.7. The fourth-order valence-corrected chi connectivity index (χ4v) is 4.88. The fourth-order valence-electron chi connectivity index (χ4n) is 4.88. The van der Waals surface area contributed by atoms with Gasteiger partial charge in [0.2, 0.25) is 0 Å². The van der Waals surface area contributed by atoms with Crippen LogP contribution in [0.15, 0.2) is 30.7 Å². The van der Waals surface area contributed by atoms with Crippen LogP contribution in [0.1, 0.15) is 28.0 Å². The van der Waals surface area contributed by atoms with Crippen LogP contribution in [0.25, 0.3) is 11.3 Å². The molecule has 0 aromatic carbocycles. The molecule has 0 atom stereocenters. The van der Waals surface area contributed by atoms with Crippen molar-refractivity contribution >= 4 is 23.1 Å². The Morgan fingerprint density at radius 2 is 1.91 bits per heavy atom. The van der Waals surface area contributed by atoms with Crippen molar-refractivity contribution in [1.29, 1.82) is 0 Å². The van der Waals surface area contributed by atoms with Gasteiger partial charge in [0.25, 0.3) is 5.91 Å². The SMILES string of the molecule is CN1CCN(c2ccc(Nc3cnc(-c4cnn5c4CCC5)c4c3C(=O)NC4)nc2)CC1. The first-order valence-electron chi connectivity index (χ1n) is 11.2. The van der Waals surface area contributed by atoms with Gasteiger partial charge in [-0.15, -0.1) is 0 Å². The summed E-state index contributed by atoms with van der Waals surface area (Å²) in [6.07, 6.45) is 7.62. The molecular formula is C23H26N8O. The Morgan fingerprint density at radius 1 is 1.03 bits per heavy atom. The van der Waals surface area contributed by atoms with Gasteiger partial charge in [-0.05, 0) is 32.0 Å². The normalized spacial score (nSPS) is 17.9. The van der Waals surface area contributed by atoms with Crippen molar-refractivity contribution in [3.05, 3.63) is 47.5 Å². The van der Waals surface area contributed by atoms with E-state index in [0.29, 0.717) is 23.6 Å². The number of pyridine rings is 2. The fraction of sp³-hybridized carbons (Fsp3) is 0.391. The van der Waals surface area contributed by atoms with Gasteiger partial charge in [-0.25, -0.2) is 4.98 Å². The van der Waals surface area contributed by atoms with Gasteiger partial charge in [0.1, 0.15) is 5.82 Å². The number of hydrogen-bond donors (Lipinski definition) is 2. The summed E-state index contributed by atoms with van der Waals surface area (Å²) in [6, 6.07) is 4.05. The number of likely N-dealkylation sites (N-methyl/N-ethyl adjacent to an activating group) is 1. The number of hydrogen-bond acceptors (Lipinski definition) is 7. The zero-order valence-corrected chi connectivity index (χ0v) is 18.1. The number of nitrogens with one attached hydrogen (secondary N) is 2. The maximum absolute atomic E-state index is 12.7. The van der Waals surface area contributed by atoms with Crippen LogP contribution < -0.4 is 15.5 Å². The van der Waals surface area contributed by atoms with E-state index in [1.165, 1.54) is 5.69 Å². The second-order valence-corrected chi connectivity index (χ2v) is 8.71. The molecule has 3 aromatic heterocycles. The summed E-state index contributed by atoms with van der Waals surface area (Å²) in [6.45, 7) is 5.54. The molecular weight excluding hydrogens is 404 g/mol. The zero-order valence-electron chi connectivity index (χ0n) is 18.1. The summed E-state index contributed by atoms with van der Waals surface area (Å²) in [5, 5.41) is 10.8. The van der Waals surface area contributed by atoms with Crippen molar-refractivity contribution in [2.24, 2.45) is 0 Å². The average Bonchev–Trinajstić information content (AvgIpc) is 3.52. The number of nitrogens with zero attached hydrogens (tertiary/aromatic N) is 6. The van der Waals surface area contributed by atoms with Gasteiger partial charge in [-0.3, -0.25) is 14.5 Å². The number of piperazine rings is 1. The van der Waals surface area contributed by atoms with Gasteiger partial charge in [0, 0.05) is 56.1 Å². The molecule has 3 aliphatic heterocycles. The molecule has 164 valence electrons. The van der Waals surface area contributed by atoms with E-state index in [0.717, 1.165) is 68.1 Å². The molecule has 2 N–H and O–H groups in total. The number of aromatic nitrogens is 4. The Morgan fingerprint density at radius 3 is 2.72 bits per heavy atom. The zero-order chi connectivity index (χ0) is 21.7. The Labute approximate surface area is 186 Å². The Balaban J connectivity index is 1.28. The van der Waals surface area contributed by atoms with Gasteiger partial charge in [-0.1, -0.05) is 0 Å². The standard InChI is InChI=1S/C23H26N8O/c1-29-7-9-30(10-8-29)15-4-5-20(24-11-15)28-18-14-25-22(17-12-26-23(32)21(17)18)16-13-27-31-6-2-3-19(16)31/h4-5,11,13-14H,2-3,6-10,12H2,1H3,(H,24,28)(H,26,32). The van der Waals surface area contributed by atoms with E-state index in [1.54, 1.807) is 6.20 Å². The van der Waals surface area contributed by atoms with Crippen molar-refractivity contribution in [2.45, 2.75) is 25.9 Å². The molecule has 32 heavy (non-hydrogen) atoms. The number of amides is 1. The van der Waals surface area contributed by atoms with Crippen LogP contribution in [-0.4, -0.2) is 63.8 Å². The van der Waals surface area contributed by atoms with Crippen molar-refractivity contribution < 1.29 is 4.79 Å². The minimum atomic E-state index is -0.0796. The van der Waals surface area contributed by atoms with Crippen LogP contribution in [0, 0.1) is 0 Å². The highest BCUT2D eigenvalue weighted by Gasteiger charge is 2.29. The molecule has 9 heteroatoms. The Bertz CT molecular complexity index is 1180. The minimum absolute atomic E-state index is 0.0796. The average molecular weight is 431 g/mol. The molecule has 1 saturated heterocycles. The van der Waals surface area contributed by atoms with Crippen LogP contribution in [0.3, 0.4) is 0 Å². The minimum Gasteiger partial charge on any atom is -0.368 e. The lowest BCUT2D eigenvalue weighted by Gasteiger charge is -2.33. The predicted octanol–water partition coefficient (Wildman–Crippen LogP) is 2.03. The van der Waals surface area contributed by atoms with E-state index >= 15 is 0 Å². The van der Waals surface area contributed by atoms with E-state index in [4.69, 9.17) is 4.98 Å². The third-order valence-electron chi connectivity index (χ3n) is 6.70. The van der Waals surface area contributed by atoms with Gasteiger partial charge in [0.05, 0.1) is 41.2 Å². The van der Waals surface area contributed by atoms with Crippen molar-refractivity contribution in [3.63, 3.8) is 0 Å². The number of carbonyl (C=O) groups excluding carboxylic acids is 1. The van der Waals surface area contributed by atoms with Crippen molar-refractivity contribution in [2.75, 3.05) is 43.4 Å². The van der Waals surface area contributed by atoms with Crippen LogP contribution in [0.4, 0.5) is 17.2 Å². The molecule has 0 aliphatic carbocycles. The third-order valence-corrected chi connectivity index (χ3v) is 6.70. The van der Waals surface area contributed by atoms with Gasteiger partial charge in [-0.2, -0.15) is 5.10 Å². The highest BCUT2D eigenvalue weighted by Crippen LogP contribution is 2.36. The molecule has 3 aliphatic rings. The van der Waals surface area contributed by atoms with Crippen LogP contribution in [0.5, 0.6) is 0 Å². The quantitative estimate of drug-likeness (QED) is 0.654. The first-order valence-corrected chi connectivity index (χ1v) is 11.2. The van der Waals surface area contributed by atoms with E-state index < -0.39 is 0 Å². The molecule has 6 rings (SSSR count). The lowest BCUT2D eigenvalue weighted by molar-refractivity contribution is 0.0966. The number of carbonyl (C=O) groups is 1. The first-order chi connectivity index (χ1) is 15.7. The molecule has 0 bridgehead atoms. The van der Waals surface area contributed by atoms with Crippen LogP contribution in [0.2, 0.25) is 0 Å². The summed E-state index contributed by atoms with van der Waals surface area (Å²) in [4.78, 5) is 26.7. The Kier molecular flexibility index (Phi) is 4.57. The van der Waals surface area contributed by atoms with Crippen LogP contribution >= 0.6 is 0 Å². The van der Waals surface area contributed by atoms with Gasteiger partial charge >= 0.3 is 0 Å². The summed E-state index contributed by atoms with van der Waals surface area (Å²) < 4.78 is 2.05. The number of rotatable bonds is 4. The molecule has 6 heterocycles. The van der Waals surface area contributed by atoms with Gasteiger partial charge < -0.3 is 20.4 Å². The van der Waals surface area contributed by atoms with Crippen molar-refractivity contribution in [1.82, 2.24) is 30.0 Å². The molecule has 0 saturated carbocycles. The third kappa shape index (κ3) is 3.20. The maximum Gasteiger partial charge on any atom is 0.254 e. The molecule has 9 nitrogen and oxygen atoms in total.